The van der Waals surface area contributed by atoms with E-state index in [1.54, 1.807) is 0 Å². The molecule has 1 saturated heterocycles. The Labute approximate surface area is 161 Å². The topological polar surface area (TPSA) is 32.3 Å². The minimum Gasteiger partial charge on any atom is -0.324 e. The number of piperidine rings is 1. The van der Waals surface area contributed by atoms with Crippen LogP contribution in [0.15, 0.2) is 48.5 Å². The lowest BCUT2D eigenvalue weighted by Gasteiger charge is -2.32. The number of hydrogen-bond acceptors (Lipinski definition) is 2. The van der Waals surface area contributed by atoms with Gasteiger partial charge in [0.05, 0.1) is 22.2 Å². The second-order valence-corrected chi connectivity index (χ2v) is 7.15. The Hall–Kier alpha value is -2.05. The van der Waals surface area contributed by atoms with Gasteiger partial charge in [-0.05, 0) is 43.1 Å². The fourth-order valence-electron chi connectivity index (χ4n) is 3.29. The van der Waals surface area contributed by atoms with Crippen LogP contribution in [0.25, 0.3) is 0 Å². The van der Waals surface area contributed by atoms with Gasteiger partial charge in [0.25, 0.3) is 0 Å². The van der Waals surface area contributed by atoms with Crippen LogP contribution in [0.2, 0.25) is 5.02 Å². The Kier molecular flexibility index (Phi) is 6.07. The maximum Gasteiger partial charge on any atom is 0.416 e. The largest absolute Gasteiger partial charge is 0.416 e. The summed E-state index contributed by atoms with van der Waals surface area (Å²) >= 11 is 5.97. The zero-order valence-electron chi connectivity index (χ0n) is 14.6. The van der Waals surface area contributed by atoms with Crippen molar-refractivity contribution in [2.24, 2.45) is 5.92 Å². The van der Waals surface area contributed by atoms with E-state index in [4.69, 9.17) is 11.6 Å². The number of likely N-dealkylation sites (tertiary alicyclic amines) is 1. The van der Waals surface area contributed by atoms with Crippen molar-refractivity contribution >= 4 is 23.2 Å². The number of halogens is 4. The number of nitrogens with zero attached hydrogens (tertiary/aromatic N) is 1. The van der Waals surface area contributed by atoms with Gasteiger partial charge in [0.15, 0.2) is 0 Å². The minimum absolute atomic E-state index is 0.00308. The lowest BCUT2D eigenvalue weighted by molar-refractivity contribution is -0.137. The summed E-state index contributed by atoms with van der Waals surface area (Å²) in [7, 11) is 0. The van der Waals surface area contributed by atoms with Gasteiger partial charge in [-0.2, -0.15) is 13.2 Å². The number of anilines is 1. The number of rotatable bonds is 4. The summed E-state index contributed by atoms with van der Waals surface area (Å²) in [6, 6.07) is 12.9. The number of hydrogen-bond donors (Lipinski definition) is 1. The molecule has 1 heterocycles. The molecule has 1 amide bonds. The SMILES string of the molecule is O=C(Nc1cc(C(F)(F)F)ccc1Cl)C1CCCN(Cc2ccccc2)C1. The second kappa shape index (κ2) is 8.31. The van der Waals surface area contributed by atoms with Crippen LogP contribution < -0.4 is 5.32 Å². The molecule has 0 bridgehead atoms. The average Bonchev–Trinajstić information content (AvgIpc) is 2.63. The minimum atomic E-state index is -4.48. The van der Waals surface area contributed by atoms with Gasteiger partial charge in [-0.1, -0.05) is 41.9 Å². The third kappa shape index (κ3) is 5.23. The van der Waals surface area contributed by atoms with Gasteiger partial charge in [0.2, 0.25) is 5.91 Å². The van der Waals surface area contributed by atoms with Crippen molar-refractivity contribution in [1.82, 2.24) is 4.90 Å². The summed E-state index contributed by atoms with van der Waals surface area (Å²) in [6.07, 6.45) is -2.92. The Morgan fingerprint density at radius 3 is 2.63 bits per heavy atom. The number of carbonyl (C=O) groups excluding carboxylic acids is 1. The van der Waals surface area contributed by atoms with E-state index in [9.17, 15) is 18.0 Å². The van der Waals surface area contributed by atoms with Crippen LogP contribution in [-0.2, 0) is 17.5 Å². The molecular formula is C20H20ClF3N2O. The maximum atomic E-state index is 12.9. The van der Waals surface area contributed by atoms with Crippen molar-refractivity contribution in [2.75, 3.05) is 18.4 Å². The van der Waals surface area contributed by atoms with Gasteiger partial charge in [-0.25, -0.2) is 0 Å². The first kappa shape index (κ1) is 19.7. The molecule has 1 aliphatic rings. The molecule has 3 rings (SSSR count). The molecule has 2 aromatic rings. The molecule has 0 saturated carbocycles. The summed E-state index contributed by atoms with van der Waals surface area (Å²) in [4.78, 5) is 14.8. The summed E-state index contributed by atoms with van der Waals surface area (Å²) in [5, 5.41) is 2.67. The zero-order chi connectivity index (χ0) is 19.4. The summed E-state index contributed by atoms with van der Waals surface area (Å²) < 4.78 is 38.7. The Morgan fingerprint density at radius 1 is 1.19 bits per heavy atom. The van der Waals surface area contributed by atoms with Crippen LogP contribution >= 0.6 is 11.6 Å². The van der Waals surface area contributed by atoms with E-state index in [1.807, 2.05) is 30.3 Å². The standard InChI is InChI=1S/C20H20ClF3N2O/c21-17-9-8-16(20(22,23)24)11-18(17)25-19(27)15-7-4-10-26(13-15)12-14-5-2-1-3-6-14/h1-3,5-6,8-9,11,15H,4,7,10,12-13H2,(H,25,27). The number of carbonyl (C=O) groups is 1. The molecule has 1 aliphatic heterocycles. The van der Waals surface area contributed by atoms with E-state index >= 15 is 0 Å². The third-order valence-corrected chi connectivity index (χ3v) is 5.01. The van der Waals surface area contributed by atoms with E-state index in [2.05, 4.69) is 10.2 Å². The molecule has 144 valence electrons. The summed E-state index contributed by atoms with van der Waals surface area (Å²) in [5.74, 6) is -0.581. The zero-order valence-corrected chi connectivity index (χ0v) is 15.4. The highest BCUT2D eigenvalue weighted by Gasteiger charge is 2.32. The summed E-state index contributed by atoms with van der Waals surface area (Å²) in [5.41, 5.74) is 0.327. The molecule has 3 nitrogen and oxygen atoms in total. The number of alkyl halides is 3. The van der Waals surface area contributed by atoms with E-state index in [0.29, 0.717) is 13.0 Å². The molecule has 27 heavy (non-hydrogen) atoms. The van der Waals surface area contributed by atoms with E-state index in [-0.39, 0.29) is 22.5 Å². The molecule has 1 N–H and O–H groups in total. The van der Waals surface area contributed by atoms with Crippen molar-refractivity contribution in [3.05, 3.63) is 64.7 Å². The van der Waals surface area contributed by atoms with Crippen molar-refractivity contribution in [2.45, 2.75) is 25.6 Å². The van der Waals surface area contributed by atoms with E-state index < -0.39 is 11.7 Å². The fourth-order valence-corrected chi connectivity index (χ4v) is 3.45. The normalized spacial score (nSPS) is 18.3. The van der Waals surface area contributed by atoms with Gasteiger partial charge in [0, 0.05) is 13.1 Å². The van der Waals surface area contributed by atoms with E-state index in [1.165, 1.54) is 5.56 Å². The first-order valence-electron chi connectivity index (χ1n) is 8.77. The Balaban J connectivity index is 1.65. The van der Waals surface area contributed by atoms with Crippen molar-refractivity contribution in [3.8, 4) is 0 Å². The van der Waals surface area contributed by atoms with E-state index in [0.717, 1.165) is 37.7 Å². The molecule has 2 aromatic carbocycles. The van der Waals surface area contributed by atoms with Crippen LogP contribution in [0.4, 0.5) is 18.9 Å². The molecule has 1 unspecified atom stereocenters. The highest BCUT2D eigenvalue weighted by molar-refractivity contribution is 6.33. The monoisotopic (exact) mass is 396 g/mol. The van der Waals surface area contributed by atoms with Crippen molar-refractivity contribution in [1.29, 1.82) is 0 Å². The van der Waals surface area contributed by atoms with Gasteiger partial charge >= 0.3 is 6.18 Å². The van der Waals surface area contributed by atoms with Crippen LogP contribution in [0, 0.1) is 5.92 Å². The third-order valence-electron chi connectivity index (χ3n) is 4.68. The Bertz CT molecular complexity index is 796. The molecule has 0 spiro atoms. The molecular weight excluding hydrogens is 377 g/mol. The molecule has 7 heteroatoms. The smallest absolute Gasteiger partial charge is 0.324 e. The lowest BCUT2D eigenvalue weighted by atomic mass is 9.96. The molecule has 0 aromatic heterocycles. The highest BCUT2D eigenvalue weighted by atomic mass is 35.5. The molecule has 0 radical (unpaired) electrons. The van der Waals surface area contributed by atoms with Gasteiger partial charge < -0.3 is 5.32 Å². The van der Waals surface area contributed by atoms with Gasteiger partial charge in [-0.15, -0.1) is 0 Å². The summed E-state index contributed by atoms with van der Waals surface area (Å²) in [6.45, 7) is 2.20. The number of amides is 1. The van der Waals surface area contributed by atoms with Gasteiger partial charge in [0.1, 0.15) is 0 Å². The maximum absolute atomic E-state index is 12.9. The fraction of sp³-hybridized carbons (Fsp3) is 0.350. The number of nitrogens with one attached hydrogen (secondary N) is 1. The van der Waals surface area contributed by atoms with Crippen LogP contribution in [-0.4, -0.2) is 23.9 Å². The van der Waals surface area contributed by atoms with Crippen molar-refractivity contribution < 1.29 is 18.0 Å². The predicted molar refractivity (Wildman–Crippen MR) is 99.5 cm³/mol. The number of benzene rings is 2. The lowest BCUT2D eigenvalue weighted by Crippen LogP contribution is -2.40. The quantitative estimate of drug-likeness (QED) is 0.769. The highest BCUT2D eigenvalue weighted by Crippen LogP contribution is 2.34. The van der Waals surface area contributed by atoms with Crippen LogP contribution in [0.1, 0.15) is 24.0 Å². The second-order valence-electron chi connectivity index (χ2n) is 6.74. The van der Waals surface area contributed by atoms with Crippen LogP contribution in [0.3, 0.4) is 0 Å². The van der Waals surface area contributed by atoms with Gasteiger partial charge in [-0.3, -0.25) is 9.69 Å². The molecule has 1 atom stereocenters. The van der Waals surface area contributed by atoms with Crippen molar-refractivity contribution in [3.63, 3.8) is 0 Å². The van der Waals surface area contributed by atoms with Crippen LogP contribution in [0.5, 0.6) is 0 Å². The molecule has 0 aliphatic carbocycles. The first-order valence-corrected chi connectivity index (χ1v) is 9.14. The predicted octanol–water partition coefficient (Wildman–Crippen LogP) is 5.21. The average molecular weight is 397 g/mol. The first-order chi connectivity index (χ1) is 12.8. The Morgan fingerprint density at radius 2 is 1.93 bits per heavy atom. The molecule has 1 fully saturated rings.